The zero-order chi connectivity index (χ0) is 18.7. The molecule has 0 aliphatic carbocycles. The lowest BCUT2D eigenvalue weighted by molar-refractivity contribution is -0.121. The summed E-state index contributed by atoms with van der Waals surface area (Å²) in [5.74, 6) is 0.188. The minimum atomic E-state index is 0.188. The molecule has 26 heavy (non-hydrogen) atoms. The third-order valence-corrected chi connectivity index (χ3v) is 5.09. The summed E-state index contributed by atoms with van der Waals surface area (Å²) < 4.78 is 0. The fraction of sp³-hybridized carbons (Fsp3) is 0.708. The average molecular weight is 360 g/mol. The van der Waals surface area contributed by atoms with Crippen molar-refractivity contribution in [3.05, 3.63) is 35.9 Å². The lowest BCUT2D eigenvalue weighted by atomic mass is 10.0. The van der Waals surface area contributed by atoms with Gasteiger partial charge in [0.05, 0.1) is 0 Å². The van der Waals surface area contributed by atoms with E-state index in [-0.39, 0.29) is 5.91 Å². The van der Waals surface area contributed by atoms with Crippen LogP contribution < -0.4 is 5.32 Å². The average Bonchev–Trinajstić information content (AvgIpc) is 2.67. The number of amides is 1. The Balaban J connectivity index is 1.78. The summed E-state index contributed by atoms with van der Waals surface area (Å²) in [6.07, 6.45) is 19.6. The van der Waals surface area contributed by atoms with Crippen LogP contribution in [0.4, 0.5) is 0 Å². The van der Waals surface area contributed by atoms with Crippen molar-refractivity contribution in [2.24, 2.45) is 0 Å². The first-order valence-electron chi connectivity index (χ1n) is 11.1. The molecule has 1 N–H and O–H groups in total. The summed E-state index contributed by atoms with van der Waals surface area (Å²) in [6, 6.07) is 10.1. The lowest BCUT2D eigenvalue weighted by Gasteiger charge is -2.05. The highest BCUT2D eigenvalue weighted by molar-refractivity contribution is 5.75. The molecule has 0 aliphatic heterocycles. The molecule has 2 heteroatoms. The molecule has 0 bridgehead atoms. The van der Waals surface area contributed by atoms with Gasteiger partial charge in [-0.25, -0.2) is 0 Å². The summed E-state index contributed by atoms with van der Waals surface area (Å²) in [6.45, 7) is 2.93. The Morgan fingerprint density at radius 3 is 1.65 bits per heavy atom. The Labute approximate surface area is 162 Å². The first kappa shape index (κ1) is 22.7. The fourth-order valence-corrected chi connectivity index (χ4v) is 3.36. The molecule has 0 fully saturated rings. The number of hydrogen-bond acceptors (Lipinski definition) is 1. The van der Waals surface area contributed by atoms with Crippen LogP contribution in [0.1, 0.15) is 109 Å². The van der Waals surface area contributed by atoms with Crippen LogP contribution in [-0.4, -0.2) is 5.91 Å². The van der Waals surface area contributed by atoms with Gasteiger partial charge in [0, 0.05) is 13.0 Å². The van der Waals surface area contributed by atoms with Crippen molar-refractivity contribution in [1.29, 1.82) is 0 Å². The first-order valence-corrected chi connectivity index (χ1v) is 11.1. The van der Waals surface area contributed by atoms with Gasteiger partial charge in [0.1, 0.15) is 0 Å². The predicted molar refractivity (Wildman–Crippen MR) is 113 cm³/mol. The van der Waals surface area contributed by atoms with Crippen LogP contribution in [0, 0.1) is 0 Å². The number of benzene rings is 1. The van der Waals surface area contributed by atoms with Crippen LogP contribution in [0.2, 0.25) is 0 Å². The molecule has 0 aromatic heterocycles. The van der Waals surface area contributed by atoms with Crippen molar-refractivity contribution < 1.29 is 4.79 Å². The standard InChI is InChI=1S/C24H41NO/c1-2-3-4-5-6-7-8-9-10-11-12-13-14-18-21-24(26)25-22-23-19-16-15-17-20-23/h15-17,19-20H,2-14,18,21-22H2,1H3,(H,25,26). The number of carbonyl (C=O) groups is 1. The number of unbranched alkanes of at least 4 members (excludes halogenated alkanes) is 13. The molecule has 1 amide bonds. The van der Waals surface area contributed by atoms with Crippen molar-refractivity contribution in [2.75, 3.05) is 0 Å². The molecule has 0 saturated heterocycles. The molecule has 1 aromatic rings. The van der Waals surface area contributed by atoms with Crippen molar-refractivity contribution in [2.45, 2.75) is 110 Å². The van der Waals surface area contributed by atoms with Gasteiger partial charge in [-0.15, -0.1) is 0 Å². The Kier molecular flexibility index (Phi) is 15.0. The maximum absolute atomic E-state index is 11.8. The zero-order valence-electron chi connectivity index (χ0n) is 17.1. The molecule has 1 rings (SSSR count). The van der Waals surface area contributed by atoms with Gasteiger partial charge in [-0.05, 0) is 12.0 Å². The summed E-state index contributed by atoms with van der Waals surface area (Å²) in [5.41, 5.74) is 1.17. The Morgan fingerprint density at radius 2 is 1.15 bits per heavy atom. The van der Waals surface area contributed by atoms with Gasteiger partial charge in [0.25, 0.3) is 0 Å². The third kappa shape index (κ3) is 13.9. The van der Waals surface area contributed by atoms with E-state index in [2.05, 4.69) is 12.2 Å². The fourth-order valence-electron chi connectivity index (χ4n) is 3.36. The Hall–Kier alpha value is -1.31. The maximum atomic E-state index is 11.8. The minimum absolute atomic E-state index is 0.188. The van der Waals surface area contributed by atoms with Gasteiger partial charge in [-0.2, -0.15) is 0 Å². The summed E-state index contributed by atoms with van der Waals surface area (Å²) in [7, 11) is 0. The van der Waals surface area contributed by atoms with E-state index >= 15 is 0 Å². The van der Waals surface area contributed by atoms with Crippen LogP contribution in [0.5, 0.6) is 0 Å². The van der Waals surface area contributed by atoms with E-state index in [0.29, 0.717) is 13.0 Å². The second-order valence-corrected chi connectivity index (χ2v) is 7.61. The molecular weight excluding hydrogens is 318 g/mol. The number of carbonyl (C=O) groups excluding carboxylic acids is 1. The van der Waals surface area contributed by atoms with Crippen LogP contribution in [0.15, 0.2) is 30.3 Å². The molecule has 0 saturated carbocycles. The molecular formula is C24H41NO. The first-order chi connectivity index (χ1) is 12.8. The van der Waals surface area contributed by atoms with Crippen LogP contribution in [0.3, 0.4) is 0 Å². The van der Waals surface area contributed by atoms with Gasteiger partial charge in [0.2, 0.25) is 5.91 Å². The van der Waals surface area contributed by atoms with E-state index in [1.54, 1.807) is 0 Å². The van der Waals surface area contributed by atoms with Gasteiger partial charge in [-0.1, -0.05) is 121 Å². The molecule has 148 valence electrons. The molecule has 2 nitrogen and oxygen atoms in total. The van der Waals surface area contributed by atoms with E-state index in [9.17, 15) is 4.79 Å². The largest absolute Gasteiger partial charge is 0.352 e. The van der Waals surface area contributed by atoms with Crippen molar-refractivity contribution in [3.8, 4) is 0 Å². The summed E-state index contributed by atoms with van der Waals surface area (Å²) in [5, 5.41) is 3.01. The molecule has 0 spiro atoms. The van der Waals surface area contributed by atoms with Crippen molar-refractivity contribution in [3.63, 3.8) is 0 Å². The maximum Gasteiger partial charge on any atom is 0.220 e. The minimum Gasteiger partial charge on any atom is -0.352 e. The Bertz CT molecular complexity index is 429. The second kappa shape index (κ2) is 17.1. The molecule has 0 unspecified atom stereocenters. The van der Waals surface area contributed by atoms with Gasteiger partial charge in [-0.3, -0.25) is 4.79 Å². The lowest BCUT2D eigenvalue weighted by Crippen LogP contribution is -2.22. The van der Waals surface area contributed by atoms with E-state index < -0.39 is 0 Å². The van der Waals surface area contributed by atoms with Crippen LogP contribution in [-0.2, 0) is 11.3 Å². The smallest absolute Gasteiger partial charge is 0.220 e. The topological polar surface area (TPSA) is 29.1 Å². The zero-order valence-corrected chi connectivity index (χ0v) is 17.1. The SMILES string of the molecule is CCCCCCCCCCCCCCCCC(=O)NCc1ccccc1. The normalized spacial score (nSPS) is 10.8. The highest BCUT2D eigenvalue weighted by Gasteiger charge is 2.01. The van der Waals surface area contributed by atoms with E-state index in [0.717, 1.165) is 6.42 Å². The highest BCUT2D eigenvalue weighted by atomic mass is 16.1. The highest BCUT2D eigenvalue weighted by Crippen LogP contribution is 2.13. The number of nitrogens with one attached hydrogen (secondary N) is 1. The Morgan fingerprint density at radius 1 is 0.692 bits per heavy atom. The van der Waals surface area contributed by atoms with Crippen LogP contribution in [0.25, 0.3) is 0 Å². The van der Waals surface area contributed by atoms with Crippen molar-refractivity contribution in [1.82, 2.24) is 5.32 Å². The second-order valence-electron chi connectivity index (χ2n) is 7.61. The number of rotatable bonds is 17. The molecule has 1 aromatic carbocycles. The van der Waals surface area contributed by atoms with E-state index in [1.807, 2.05) is 30.3 Å². The predicted octanol–water partition coefficient (Wildman–Crippen LogP) is 7.17. The van der Waals surface area contributed by atoms with Crippen LogP contribution >= 0.6 is 0 Å². The monoisotopic (exact) mass is 359 g/mol. The molecule has 0 radical (unpaired) electrons. The van der Waals surface area contributed by atoms with Crippen molar-refractivity contribution >= 4 is 5.91 Å². The molecule has 0 aliphatic rings. The van der Waals surface area contributed by atoms with Gasteiger partial charge < -0.3 is 5.32 Å². The van der Waals surface area contributed by atoms with Gasteiger partial charge >= 0.3 is 0 Å². The van der Waals surface area contributed by atoms with E-state index in [1.165, 1.54) is 89.0 Å². The summed E-state index contributed by atoms with van der Waals surface area (Å²) in [4.78, 5) is 11.8. The third-order valence-electron chi connectivity index (χ3n) is 5.09. The quantitative estimate of drug-likeness (QED) is 0.293. The van der Waals surface area contributed by atoms with E-state index in [4.69, 9.17) is 0 Å². The van der Waals surface area contributed by atoms with Gasteiger partial charge in [0.15, 0.2) is 0 Å². The molecule has 0 atom stereocenters. The summed E-state index contributed by atoms with van der Waals surface area (Å²) >= 11 is 0. The number of hydrogen-bond donors (Lipinski definition) is 1. The molecule has 0 heterocycles.